The first-order valence-corrected chi connectivity index (χ1v) is 8.34. The quantitative estimate of drug-likeness (QED) is 0.395. The molecule has 23 heavy (non-hydrogen) atoms. The molecule has 0 unspecified atom stereocenters. The summed E-state index contributed by atoms with van der Waals surface area (Å²) in [5.74, 6) is 0. The second kappa shape index (κ2) is 5.09. The largest absolute Gasteiger partial charge is 0.0587 e. The Labute approximate surface area is 138 Å². The molecule has 0 saturated heterocycles. The Morgan fingerprint density at radius 3 is 2.17 bits per heavy atom. The number of hydrogen-bond donors (Lipinski definition) is 0. The maximum atomic E-state index is 2.36. The van der Waals surface area contributed by atoms with E-state index in [9.17, 15) is 0 Å². The van der Waals surface area contributed by atoms with Crippen LogP contribution in [0.4, 0.5) is 0 Å². The maximum Gasteiger partial charge on any atom is -0.00130 e. The fraction of sp³-hybridized carbons (Fsp3) is 0.217. The molecule has 0 nitrogen and oxygen atoms in total. The van der Waals surface area contributed by atoms with E-state index in [2.05, 4.69) is 76.2 Å². The molecule has 0 amide bonds. The van der Waals surface area contributed by atoms with Gasteiger partial charge in [-0.25, -0.2) is 0 Å². The third-order valence-electron chi connectivity index (χ3n) is 5.09. The van der Waals surface area contributed by atoms with Crippen LogP contribution in [0.1, 0.15) is 33.4 Å². The normalized spacial score (nSPS) is 12.2. The smallest absolute Gasteiger partial charge is 0.00130 e. The topological polar surface area (TPSA) is 0 Å². The van der Waals surface area contributed by atoms with Crippen LogP contribution >= 0.6 is 0 Å². The van der Waals surface area contributed by atoms with Gasteiger partial charge in [-0.1, -0.05) is 59.7 Å². The number of rotatable bonds is 1. The standard InChI is InChI=1S/C23H22/c1-14-5-8-21-19(9-14)13-20-10-15(2)11-22(23(20)21)18-7-6-16(3)17(4)12-18/h5-12H,13H2,1-4H3. The minimum absolute atomic E-state index is 1.06. The average molecular weight is 298 g/mol. The van der Waals surface area contributed by atoms with Gasteiger partial charge >= 0.3 is 0 Å². The molecule has 0 heteroatoms. The van der Waals surface area contributed by atoms with Crippen LogP contribution in [0.5, 0.6) is 0 Å². The molecule has 0 spiro atoms. The Hall–Kier alpha value is -2.34. The van der Waals surface area contributed by atoms with Gasteiger partial charge in [0.1, 0.15) is 0 Å². The van der Waals surface area contributed by atoms with Gasteiger partial charge in [0, 0.05) is 0 Å². The van der Waals surface area contributed by atoms with E-state index < -0.39 is 0 Å². The van der Waals surface area contributed by atoms with E-state index in [0.717, 1.165) is 6.42 Å². The first kappa shape index (κ1) is 14.3. The second-order valence-electron chi connectivity index (χ2n) is 6.98. The zero-order chi connectivity index (χ0) is 16.1. The summed E-state index contributed by atoms with van der Waals surface area (Å²) in [6, 6.07) is 18.4. The first-order chi connectivity index (χ1) is 11.0. The van der Waals surface area contributed by atoms with Crippen LogP contribution in [-0.4, -0.2) is 0 Å². The van der Waals surface area contributed by atoms with Crippen molar-refractivity contribution in [3.8, 4) is 22.3 Å². The van der Waals surface area contributed by atoms with E-state index in [1.807, 2.05) is 0 Å². The van der Waals surface area contributed by atoms with Crippen LogP contribution in [0.3, 0.4) is 0 Å². The third-order valence-corrected chi connectivity index (χ3v) is 5.09. The maximum absolute atomic E-state index is 2.36. The summed E-state index contributed by atoms with van der Waals surface area (Å²) < 4.78 is 0. The highest BCUT2D eigenvalue weighted by molar-refractivity contribution is 5.91. The molecular formula is C23H22. The molecule has 0 bridgehead atoms. The lowest BCUT2D eigenvalue weighted by molar-refractivity contribution is 1.24. The summed E-state index contributed by atoms with van der Waals surface area (Å²) in [7, 11) is 0. The van der Waals surface area contributed by atoms with Crippen LogP contribution in [0.25, 0.3) is 22.3 Å². The lowest BCUT2D eigenvalue weighted by Gasteiger charge is -2.13. The lowest BCUT2D eigenvalue weighted by Crippen LogP contribution is -1.90. The first-order valence-electron chi connectivity index (χ1n) is 8.34. The average Bonchev–Trinajstić information content (AvgIpc) is 2.86. The van der Waals surface area contributed by atoms with E-state index in [1.54, 1.807) is 0 Å². The Balaban J connectivity index is 1.99. The predicted molar refractivity (Wildman–Crippen MR) is 99.1 cm³/mol. The fourth-order valence-electron chi connectivity index (χ4n) is 3.77. The SMILES string of the molecule is Cc1ccc2c(c1)Cc1cc(C)cc(-c3ccc(C)c(C)c3)c1-2. The molecule has 0 saturated carbocycles. The van der Waals surface area contributed by atoms with E-state index >= 15 is 0 Å². The summed E-state index contributed by atoms with van der Waals surface area (Å²) in [5.41, 5.74) is 13.9. The van der Waals surface area contributed by atoms with Crippen molar-refractivity contribution in [1.82, 2.24) is 0 Å². The number of aryl methyl sites for hydroxylation is 4. The number of benzene rings is 3. The van der Waals surface area contributed by atoms with Gasteiger partial charge in [-0.3, -0.25) is 0 Å². The summed E-state index contributed by atoms with van der Waals surface area (Å²) in [4.78, 5) is 0. The van der Waals surface area contributed by atoms with Crippen molar-refractivity contribution < 1.29 is 0 Å². The highest BCUT2D eigenvalue weighted by Crippen LogP contribution is 2.44. The third kappa shape index (κ3) is 2.30. The Kier molecular flexibility index (Phi) is 3.16. The zero-order valence-electron chi connectivity index (χ0n) is 14.3. The molecule has 3 aromatic rings. The molecule has 4 rings (SSSR count). The van der Waals surface area contributed by atoms with E-state index in [4.69, 9.17) is 0 Å². The molecule has 114 valence electrons. The van der Waals surface area contributed by atoms with Crippen molar-refractivity contribution in [2.75, 3.05) is 0 Å². The summed E-state index contributed by atoms with van der Waals surface area (Å²) in [6.07, 6.45) is 1.06. The van der Waals surface area contributed by atoms with Crippen molar-refractivity contribution >= 4 is 0 Å². The van der Waals surface area contributed by atoms with Gasteiger partial charge in [0.2, 0.25) is 0 Å². The molecule has 0 heterocycles. The van der Waals surface area contributed by atoms with Crippen molar-refractivity contribution in [1.29, 1.82) is 0 Å². The van der Waals surface area contributed by atoms with Crippen molar-refractivity contribution in [3.05, 3.63) is 81.9 Å². The molecule has 0 aromatic heterocycles. The second-order valence-corrected chi connectivity index (χ2v) is 6.98. The van der Waals surface area contributed by atoms with Gasteiger partial charge < -0.3 is 0 Å². The van der Waals surface area contributed by atoms with E-state index in [1.165, 1.54) is 55.6 Å². The Morgan fingerprint density at radius 2 is 1.39 bits per heavy atom. The van der Waals surface area contributed by atoms with Crippen LogP contribution in [-0.2, 0) is 6.42 Å². The van der Waals surface area contributed by atoms with Crippen LogP contribution in [0.2, 0.25) is 0 Å². The van der Waals surface area contributed by atoms with Gasteiger partial charge in [-0.2, -0.15) is 0 Å². The molecule has 1 aliphatic carbocycles. The van der Waals surface area contributed by atoms with Crippen LogP contribution in [0, 0.1) is 27.7 Å². The van der Waals surface area contributed by atoms with Gasteiger partial charge in [-0.15, -0.1) is 0 Å². The van der Waals surface area contributed by atoms with Crippen molar-refractivity contribution in [2.45, 2.75) is 34.1 Å². The summed E-state index contributed by atoms with van der Waals surface area (Å²) in [5, 5.41) is 0. The highest BCUT2D eigenvalue weighted by Gasteiger charge is 2.22. The molecule has 0 radical (unpaired) electrons. The van der Waals surface area contributed by atoms with Gasteiger partial charge in [-0.05, 0) is 78.6 Å². The molecule has 0 fully saturated rings. The summed E-state index contributed by atoms with van der Waals surface area (Å²) >= 11 is 0. The molecule has 0 aliphatic heterocycles. The minimum Gasteiger partial charge on any atom is -0.0587 e. The van der Waals surface area contributed by atoms with Gasteiger partial charge in [0.05, 0.1) is 0 Å². The van der Waals surface area contributed by atoms with E-state index in [0.29, 0.717) is 0 Å². The highest BCUT2D eigenvalue weighted by atomic mass is 14.3. The zero-order valence-corrected chi connectivity index (χ0v) is 14.3. The predicted octanol–water partition coefficient (Wildman–Crippen LogP) is 6.16. The monoisotopic (exact) mass is 298 g/mol. The van der Waals surface area contributed by atoms with E-state index in [-0.39, 0.29) is 0 Å². The molecule has 3 aromatic carbocycles. The molecular weight excluding hydrogens is 276 g/mol. The lowest BCUT2D eigenvalue weighted by atomic mass is 9.91. The molecule has 0 atom stereocenters. The fourth-order valence-corrected chi connectivity index (χ4v) is 3.77. The van der Waals surface area contributed by atoms with Crippen LogP contribution in [0.15, 0.2) is 48.5 Å². The number of fused-ring (bicyclic) bond motifs is 3. The summed E-state index contributed by atoms with van der Waals surface area (Å²) in [6.45, 7) is 8.77. The van der Waals surface area contributed by atoms with Crippen molar-refractivity contribution in [2.24, 2.45) is 0 Å². The van der Waals surface area contributed by atoms with Crippen LogP contribution < -0.4 is 0 Å². The minimum atomic E-state index is 1.06. The number of hydrogen-bond acceptors (Lipinski definition) is 0. The molecule has 0 N–H and O–H groups in total. The Morgan fingerprint density at radius 1 is 0.609 bits per heavy atom. The van der Waals surface area contributed by atoms with Crippen molar-refractivity contribution in [3.63, 3.8) is 0 Å². The molecule has 1 aliphatic rings. The van der Waals surface area contributed by atoms with Gasteiger partial charge in [0.15, 0.2) is 0 Å². The Bertz CT molecular complexity index is 929. The van der Waals surface area contributed by atoms with Gasteiger partial charge in [0.25, 0.3) is 0 Å².